The van der Waals surface area contributed by atoms with E-state index in [1.165, 1.54) is 0 Å². The van der Waals surface area contributed by atoms with Gasteiger partial charge in [-0.15, -0.1) is 11.3 Å². The van der Waals surface area contributed by atoms with Crippen molar-refractivity contribution in [2.75, 3.05) is 11.9 Å². The van der Waals surface area contributed by atoms with Gasteiger partial charge in [-0.3, -0.25) is 0 Å². The Kier molecular flexibility index (Phi) is 3.90. The molecular weight excluding hydrogens is 310 g/mol. The number of thiophene rings is 1. The number of hydrogen-bond donors (Lipinski definition) is 2. The maximum Gasteiger partial charge on any atom is 0.138 e. The third-order valence-electron chi connectivity index (χ3n) is 3.95. The van der Waals surface area contributed by atoms with Gasteiger partial charge >= 0.3 is 0 Å². The topological polar surface area (TPSA) is 71.2 Å². The predicted molar refractivity (Wildman–Crippen MR) is 93.1 cm³/mol. The van der Waals surface area contributed by atoms with Gasteiger partial charge in [-0.1, -0.05) is 0 Å². The van der Waals surface area contributed by atoms with Gasteiger partial charge in [0.05, 0.1) is 5.39 Å². The van der Waals surface area contributed by atoms with Crippen LogP contribution in [0.3, 0.4) is 0 Å². The zero-order chi connectivity index (χ0) is 16.8. The van der Waals surface area contributed by atoms with Crippen LogP contribution in [0.1, 0.15) is 35.4 Å². The van der Waals surface area contributed by atoms with Gasteiger partial charge in [-0.25, -0.2) is 9.97 Å². The lowest BCUT2D eigenvalue weighted by atomic mass is 9.96. The largest absolute Gasteiger partial charge is 0.466 e. The summed E-state index contributed by atoms with van der Waals surface area (Å²) in [5.74, 6) is 3.03. The summed E-state index contributed by atoms with van der Waals surface area (Å²) in [6.45, 7) is 9.79. The van der Waals surface area contributed by atoms with Crippen molar-refractivity contribution >= 4 is 27.4 Å². The number of rotatable bonds is 4. The maximum absolute atomic E-state index is 10.8. The van der Waals surface area contributed by atoms with Crippen molar-refractivity contribution in [2.24, 2.45) is 0 Å². The molecular formula is C17H21N3O2S. The standard InChI is InChI=1S/C17H21N3O2S/c1-9-7-23-16-14(9)15(19-12(4)20-16)18-8-17(5,21)13-6-10(2)22-11(13)3/h6-7,21H,8H2,1-5H3,(H,18,19,20). The van der Waals surface area contributed by atoms with E-state index in [1.54, 1.807) is 18.3 Å². The first-order chi connectivity index (χ1) is 10.8. The quantitative estimate of drug-likeness (QED) is 0.760. The Labute approximate surface area is 139 Å². The van der Waals surface area contributed by atoms with Crippen LogP contribution in [-0.4, -0.2) is 21.6 Å². The third kappa shape index (κ3) is 2.96. The molecule has 2 N–H and O–H groups in total. The molecule has 3 rings (SSSR count). The molecule has 0 aromatic carbocycles. The number of nitrogens with zero attached hydrogens (tertiary/aromatic N) is 2. The van der Waals surface area contributed by atoms with Crippen molar-refractivity contribution in [3.05, 3.63) is 39.9 Å². The second-order valence-corrected chi connectivity index (χ2v) is 7.03. The summed E-state index contributed by atoms with van der Waals surface area (Å²) < 4.78 is 5.54. The summed E-state index contributed by atoms with van der Waals surface area (Å²) in [6.07, 6.45) is 0. The Hall–Kier alpha value is -1.92. The molecule has 0 fully saturated rings. The highest BCUT2D eigenvalue weighted by molar-refractivity contribution is 7.17. The number of hydrogen-bond acceptors (Lipinski definition) is 6. The summed E-state index contributed by atoms with van der Waals surface area (Å²) in [4.78, 5) is 9.94. The molecule has 3 heterocycles. The highest BCUT2D eigenvalue weighted by Gasteiger charge is 2.28. The number of aromatic nitrogens is 2. The number of aryl methyl sites for hydroxylation is 4. The van der Waals surface area contributed by atoms with Gasteiger partial charge in [0.15, 0.2) is 0 Å². The van der Waals surface area contributed by atoms with Crippen LogP contribution in [0.5, 0.6) is 0 Å². The molecule has 122 valence electrons. The molecule has 0 spiro atoms. The molecule has 0 saturated carbocycles. The third-order valence-corrected chi connectivity index (χ3v) is 4.94. The Bertz CT molecular complexity index is 864. The molecule has 3 aromatic rings. The van der Waals surface area contributed by atoms with Crippen molar-refractivity contribution in [2.45, 2.75) is 40.2 Å². The lowest BCUT2D eigenvalue weighted by molar-refractivity contribution is 0.0699. The van der Waals surface area contributed by atoms with E-state index in [9.17, 15) is 5.11 Å². The normalized spacial score (nSPS) is 14.2. The molecule has 0 amide bonds. The number of aliphatic hydroxyl groups is 1. The fourth-order valence-corrected chi connectivity index (χ4v) is 3.80. The Balaban J connectivity index is 1.91. The highest BCUT2D eigenvalue weighted by Crippen LogP contribution is 2.31. The molecule has 5 nitrogen and oxygen atoms in total. The Morgan fingerprint density at radius 3 is 2.65 bits per heavy atom. The van der Waals surface area contributed by atoms with E-state index in [-0.39, 0.29) is 0 Å². The van der Waals surface area contributed by atoms with Gasteiger partial charge in [-0.05, 0) is 51.6 Å². The molecule has 0 saturated heterocycles. The molecule has 0 aliphatic carbocycles. The Morgan fingerprint density at radius 2 is 2.00 bits per heavy atom. The van der Waals surface area contributed by atoms with Crippen LogP contribution < -0.4 is 5.32 Å². The number of fused-ring (bicyclic) bond motifs is 1. The first-order valence-electron chi connectivity index (χ1n) is 7.54. The second kappa shape index (κ2) is 5.62. The minimum atomic E-state index is -1.04. The maximum atomic E-state index is 10.8. The summed E-state index contributed by atoms with van der Waals surface area (Å²) in [7, 11) is 0. The van der Waals surface area contributed by atoms with Crippen molar-refractivity contribution in [3.8, 4) is 0 Å². The van der Waals surface area contributed by atoms with Crippen LogP contribution in [0.15, 0.2) is 15.9 Å². The first kappa shape index (κ1) is 16.0. The lowest BCUT2D eigenvalue weighted by Crippen LogP contribution is -2.31. The monoisotopic (exact) mass is 331 g/mol. The van der Waals surface area contributed by atoms with Crippen LogP contribution in [0.4, 0.5) is 5.82 Å². The van der Waals surface area contributed by atoms with Crippen molar-refractivity contribution in [1.82, 2.24) is 9.97 Å². The summed E-state index contributed by atoms with van der Waals surface area (Å²) in [5.41, 5.74) is 0.894. The minimum Gasteiger partial charge on any atom is -0.466 e. The van der Waals surface area contributed by atoms with Crippen LogP contribution in [0.25, 0.3) is 10.2 Å². The van der Waals surface area contributed by atoms with Gasteiger partial charge in [0.2, 0.25) is 0 Å². The smallest absolute Gasteiger partial charge is 0.138 e. The average Bonchev–Trinajstić information content (AvgIpc) is 2.99. The molecule has 0 aliphatic heterocycles. The van der Waals surface area contributed by atoms with Crippen molar-refractivity contribution in [3.63, 3.8) is 0 Å². The van der Waals surface area contributed by atoms with Gasteiger partial charge in [0.1, 0.15) is 33.6 Å². The summed E-state index contributed by atoms with van der Waals surface area (Å²) >= 11 is 1.61. The van der Waals surface area contributed by atoms with E-state index in [0.29, 0.717) is 6.54 Å². The zero-order valence-electron chi connectivity index (χ0n) is 14.0. The second-order valence-electron chi connectivity index (χ2n) is 6.17. The number of nitrogens with one attached hydrogen (secondary N) is 1. The van der Waals surface area contributed by atoms with E-state index in [2.05, 4.69) is 20.7 Å². The molecule has 0 radical (unpaired) electrons. The van der Waals surface area contributed by atoms with Gasteiger partial charge in [-0.2, -0.15) is 0 Å². The molecule has 6 heteroatoms. The lowest BCUT2D eigenvalue weighted by Gasteiger charge is -2.24. The fourth-order valence-electron chi connectivity index (χ4n) is 2.84. The van der Waals surface area contributed by atoms with E-state index in [0.717, 1.165) is 44.5 Å². The summed E-state index contributed by atoms with van der Waals surface area (Å²) in [5, 5.41) is 17.2. The number of furan rings is 1. The molecule has 0 aliphatic rings. The fraction of sp³-hybridized carbons (Fsp3) is 0.412. The average molecular weight is 331 g/mol. The van der Waals surface area contributed by atoms with Gasteiger partial charge < -0.3 is 14.8 Å². The van der Waals surface area contributed by atoms with E-state index in [1.807, 2.05) is 33.8 Å². The zero-order valence-corrected chi connectivity index (χ0v) is 14.8. The molecule has 3 aromatic heterocycles. The molecule has 0 bridgehead atoms. The Morgan fingerprint density at radius 1 is 1.26 bits per heavy atom. The minimum absolute atomic E-state index is 0.341. The highest BCUT2D eigenvalue weighted by atomic mass is 32.1. The predicted octanol–water partition coefficient (Wildman–Crippen LogP) is 3.84. The van der Waals surface area contributed by atoms with Crippen LogP contribution in [-0.2, 0) is 5.60 Å². The molecule has 23 heavy (non-hydrogen) atoms. The first-order valence-corrected chi connectivity index (χ1v) is 8.42. The van der Waals surface area contributed by atoms with E-state index < -0.39 is 5.60 Å². The van der Waals surface area contributed by atoms with Gasteiger partial charge in [0, 0.05) is 12.1 Å². The molecule has 1 atom stereocenters. The molecule has 1 unspecified atom stereocenters. The van der Waals surface area contributed by atoms with Crippen LogP contribution >= 0.6 is 11.3 Å². The SMILES string of the molecule is Cc1nc(NCC(C)(O)c2cc(C)oc2C)c2c(C)csc2n1. The van der Waals surface area contributed by atoms with Crippen molar-refractivity contribution in [1.29, 1.82) is 0 Å². The van der Waals surface area contributed by atoms with Crippen LogP contribution in [0.2, 0.25) is 0 Å². The summed E-state index contributed by atoms with van der Waals surface area (Å²) in [6, 6.07) is 1.88. The van der Waals surface area contributed by atoms with Crippen molar-refractivity contribution < 1.29 is 9.52 Å². The van der Waals surface area contributed by atoms with E-state index in [4.69, 9.17) is 4.42 Å². The number of anilines is 1. The van der Waals surface area contributed by atoms with E-state index >= 15 is 0 Å². The van der Waals surface area contributed by atoms with Gasteiger partial charge in [0.25, 0.3) is 0 Å². The van der Waals surface area contributed by atoms with Crippen LogP contribution in [0, 0.1) is 27.7 Å².